The highest BCUT2D eigenvalue weighted by Gasteiger charge is 2.32. The molecule has 44 heavy (non-hydrogen) atoms. The maximum Gasteiger partial charge on any atom is 0.306 e. The fourth-order valence-electron chi connectivity index (χ4n) is 4.84. The van der Waals surface area contributed by atoms with Gasteiger partial charge in [-0.1, -0.05) is 58.0 Å². The van der Waals surface area contributed by atoms with Gasteiger partial charge in [0.25, 0.3) is 0 Å². The second-order valence-electron chi connectivity index (χ2n) is 12.5. The lowest BCUT2D eigenvalue weighted by molar-refractivity contribution is -0.148. The lowest BCUT2D eigenvalue weighted by atomic mass is 9.88. The van der Waals surface area contributed by atoms with Gasteiger partial charge in [0.1, 0.15) is 0 Å². The van der Waals surface area contributed by atoms with E-state index in [2.05, 4.69) is 10.6 Å². The highest BCUT2D eigenvalue weighted by Crippen LogP contribution is 2.20. The van der Waals surface area contributed by atoms with Crippen LogP contribution in [-0.2, 0) is 35.1 Å². The van der Waals surface area contributed by atoms with Crippen molar-refractivity contribution >= 4 is 41.1 Å². The van der Waals surface area contributed by atoms with E-state index in [1.54, 1.807) is 11.8 Å². The number of ketones is 2. The number of ether oxygens (including phenoxy) is 1. The van der Waals surface area contributed by atoms with Gasteiger partial charge in [-0.15, -0.1) is 0 Å². The lowest BCUT2D eigenvalue weighted by Crippen LogP contribution is -2.47. The van der Waals surface area contributed by atoms with Crippen molar-refractivity contribution in [2.45, 2.75) is 98.1 Å². The van der Waals surface area contributed by atoms with Crippen LogP contribution in [0.1, 0.15) is 85.1 Å². The molecule has 0 bridgehead atoms. The Morgan fingerprint density at radius 1 is 0.841 bits per heavy atom. The van der Waals surface area contributed by atoms with Crippen LogP contribution in [0.3, 0.4) is 0 Å². The molecule has 0 radical (unpaired) electrons. The second kappa shape index (κ2) is 21.9. The molecule has 248 valence electrons. The molecule has 10 heteroatoms. The Balaban J connectivity index is 3.16. The zero-order valence-electron chi connectivity index (χ0n) is 27.6. The molecule has 1 aromatic carbocycles. The zero-order valence-corrected chi connectivity index (χ0v) is 28.4. The number of esters is 1. The number of nitrogens with two attached hydrogens (primary N) is 1. The highest BCUT2D eigenvalue weighted by atomic mass is 32.2. The zero-order chi connectivity index (χ0) is 33.1. The van der Waals surface area contributed by atoms with Crippen LogP contribution in [0.2, 0.25) is 0 Å². The lowest BCUT2D eigenvalue weighted by Gasteiger charge is -2.26. The van der Waals surface area contributed by atoms with Crippen LogP contribution in [0, 0.1) is 23.7 Å². The van der Waals surface area contributed by atoms with Gasteiger partial charge in [-0.25, -0.2) is 0 Å². The van der Waals surface area contributed by atoms with Crippen molar-refractivity contribution in [1.29, 1.82) is 0 Å². The summed E-state index contributed by atoms with van der Waals surface area (Å²) in [7, 11) is 0. The van der Waals surface area contributed by atoms with Crippen molar-refractivity contribution in [3.05, 3.63) is 35.9 Å². The first-order valence-electron chi connectivity index (χ1n) is 15.9. The van der Waals surface area contributed by atoms with Gasteiger partial charge in [0, 0.05) is 18.3 Å². The molecule has 0 saturated carbocycles. The molecule has 4 unspecified atom stereocenters. The number of benzene rings is 1. The third kappa shape index (κ3) is 16.4. The topological polar surface area (TPSA) is 145 Å². The Labute approximate surface area is 268 Å². The number of hydrogen-bond donors (Lipinski definition) is 3. The van der Waals surface area contributed by atoms with Crippen molar-refractivity contribution < 1.29 is 28.7 Å². The summed E-state index contributed by atoms with van der Waals surface area (Å²) in [4.78, 5) is 65.7. The normalized spacial score (nSPS) is 14.0. The molecular weight excluding hydrogens is 578 g/mol. The molecule has 0 aromatic heterocycles. The van der Waals surface area contributed by atoms with Crippen LogP contribution in [0.15, 0.2) is 30.3 Å². The van der Waals surface area contributed by atoms with Gasteiger partial charge < -0.3 is 21.1 Å². The summed E-state index contributed by atoms with van der Waals surface area (Å²) in [6.45, 7) is 10.1. The number of carbonyl (C=O) groups excluding carboxylic acids is 5. The number of nitrogens with one attached hydrogen (secondary N) is 2. The van der Waals surface area contributed by atoms with E-state index in [0.717, 1.165) is 12.0 Å². The first-order chi connectivity index (χ1) is 20.9. The first kappa shape index (κ1) is 39.3. The fourth-order valence-corrected chi connectivity index (χ4v) is 5.36. The number of carbonyl (C=O) groups is 5. The Bertz CT molecular complexity index is 1030. The minimum Gasteiger partial charge on any atom is -0.465 e. The molecule has 1 aromatic rings. The molecule has 4 N–H and O–H groups in total. The van der Waals surface area contributed by atoms with E-state index in [1.165, 1.54) is 6.92 Å². The van der Waals surface area contributed by atoms with E-state index in [1.807, 2.05) is 64.3 Å². The van der Waals surface area contributed by atoms with Crippen LogP contribution in [0.5, 0.6) is 0 Å². The molecule has 0 aliphatic carbocycles. The molecule has 9 nitrogen and oxygen atoms in total. The Kier molecular flexibility index (Phi) is 19.6. The van der Waals surface area contributed by atoms with E-state index < -0.39 is 29.9 Å². The highest BCUT2D eigenvalue weighted by molar-refractivity contribution is 7.98. The standard InChI is InChI=1S/C34H55N3O6S/c1-23(2)18-30(37-33(41)27(15-17-44-6)21-32(40)43-22-24(3)4)31(39)20-28(19-26-12-8-7-9-13-26)34(42)36-29(25(5)38)14-10-11-16-35/h7-9,12-13,23-24,27-30H,10-11,14-22,35H2,1-6H3,(H,36,42)(H,37,41). The summed E-state index contributed by atoms with van der Waals surface area (Å²) in [5.41, 5.74) is 6.50. The van der Waals surface area contributed by atoms with E-state index in [9.17, 15) is 24.0 Å². The maximum atomic E-state index is 13.8. The van der Waals surface area contributed by atoms with Crippen molar-refractivity contribution in [3.8, 4) is 0 Å². The number of thioether (sulfide) groups is 1. The average molecular weight is 634 g/mol. The third-order valence-electron chi connectivity index (χ3n) is 7.34. The van der Waals surface area contributed by atoms with Gasteiger partial charge in [0.05, 0.1) is 25.1 Å². The number of amides is 2. The summed E-state index contributed by atoms with van der Waals surface area (Å²) in [5.74, 6) is -1.96. The minimum atomic E-state index is -0.815. The van der Waals surface area contributed by atoms with E-state index >= 15 is 0 Å². The van der Waals surface area contributed by atoms with Crippen LogP contribution in [0.25, 0.3) is 0 Å². The quantitative estimate of drug-likeness (QED) is 0.118. The molecule has 0 heterocycles. The Hall–Kier alpha value is -2.72. The summed E-state index contributed by atoms with van der Waals surface area (Å²) in [6, 6.07) is 7.96. The van der Waals surface area contributed by atoms with Gasteiger partial charge in [0.2, 0.25) is 11.8 Å². The summed E-state index contributed by atoms with van der Waals surface area (Å²) < 4.78 is 5.33. The fraction of sp³-hybridized carbons (Fsp3) is 0.676. The Morgan fingerprint density at radius 3 is 2.05 bits per heavy atom. The SMILES string of the molecule is CSCCC(CC(=O)OCC(C)C)C(=O)NC(CC(C)C)C(=O)CC(Cc1ccccc1)C(=O)NC(CCCCN)C(C)=O. The van der Waals surface area contributed by atoms with Gasteiger partial charge >= 0.3 is 5.97 Å². The largest absolute Gasteiger partial charge is 0.465 e. The monoisotopic (exact) mass is 633 g/mol. The van der Waals surface area contributed by atoms with Crippen molar-refractivity contribution in [1.82, 2.24) is 10.6 Å². The van der Waals surface area contributed by atoms with Crippen molar-refractivity contribution in [2.75, 3.05) is 25.2 Å². The molecule has 0 aliphatic rings. The summed E-state index contributed by atoms with van der Waals surface area (Å²) in [6.07, 6.45) is 4.89. The van der Waals surface area contributed by atoms with Gasteiger partial charge in [-0.3, -0.25) is 24.0 Å². The van der Waals surface area contributed by atoms with Crippen LogP contribution >= 0.6 is 11.8 Å². The first-order valence-corrected chi connectivity index (χ1v) is 17.3. The van der Waals surface area contributed by atoms with Gasteiger partial charge in [-0.2, -0.15) is 11.8 Å². The average Bonchev–Trinajstić information content (AvgIpc) is 2.97. The third-order valence-corrected chi connectivity index (χ3v) is 7.99. The van der Waals surface area contributed by atoms with Crippen molar-refractivity contribution in [3.63, 3.8) is 0 Å². The van der Waals surface area contributed by atoms with E-state index in [-0.39, 0.29) is 54.7 Å². The molecule has 4 atom stereocenters. The predicted octanol–water partition coefficient (Wildman–Crippen LogP) is 4.50. The molecular formula is C34H55N3O6S. The number of Topliss-reactive ketones (excluding diaryl/α,β-unsaturated/α-hetero) is 2. The predicted molar refractivity (Wildman–Crippen MR) is 177 cm³/mol. The molecule has 0 spiro atoms. The summed E-state index contributed by atoms with van der Waals surface area (Å²) >= 11 is 1.58. The second-order valence-corrected chi connectivity index (χ2v) is 13.4. The van der Waals surface area contributed by atoms with Crippen molar-refractivity contribution in [2.24, 2.45) is 29.4 Å². The molecule has 0 fully saturated rings. The van der Waals surface area contributed by atoms with Crippen LogP contribution in [0.4, 0.5) is 0 Å². The van der Waals surface area contributed by atoms with Gasteiger partial charge in [0.15, 0.2) is 11.6 Å². The minimum absolute atomic E-state index is 0.0582. The smallest absolute Gasteiger partial charge is 0.306 e. The number of hydrogen-bond acceptors (Lipinski definition) is 8. The maximum absolute atomic E-state index is 13.8. The number of rotatable bonds is 23. The van der Waals surface area contributed by atoms with Crippen LogP contribution < -0.4 is 16.4 Å². The van der Waals surface area contributed by atoms with E-state index in [0.29, 0.717) is 44.4 Å². The van der Waals surface area contributed by atoms with Gasteiger partial charge in [-0.05, 0) is 81.4 Å². The van der Waals surface area contributed by atoms with E-state index in [4.69, 9.17) is 10.5 Å². The number of unbranched alkanes of at least 4 members (excludes halogenated alkanes) is 1. The Morgan fingerprint density at radius 2 is 1.48 bits per heavy atom. The summed E-state index contributed by atoms with van der Waals surface area (Å²) in [5, 5.41) is 5.81. The van der Waals surface area contributed by atoms with Crippen LogP contribution in [-0.4, -0.2) is 66.6 Å². The molecule has 1 rings (SSSR count). The molecule has 0 aliphatic heterocycles. The molecule has 0 saturated heterocycles. The molecule has 2 amide bonds.